The van der Waals surface area contributed by atoms with Crippen LogP contribution in [-0.2, 0) is 9.59 Å². The molecule has 5 heteroatoms. The second-order valence-corrected chi connectivity index (χ2v) is 6.35. The maximum atomic E-state index is 12.4. The number of hydrogen-bond donors (Lipinski definition) is 1. The highest BCUT2D eigenvalue weighted by molar-refractivity contribution is 6.00. The summed E-state index contributed by atoms with van der Waals surface area (Å²) in [6.07, 6.45) is 4.96. The number of benzene rings is 1. The van der Waals surface area contributed by atoms with Crippen LogP contribution in [0, 0.1) is 5.92 Å². The van der Waals surface area contributed by atoms with Gasteiger partial charge in [0.25, 0.3) is 5.91 Å². The molecule has 0 saturated heterocycles. The van der Waals surface area contributed by atoms with Gasteiger partial charge in [-0.3, -0.25) is 9.59 Å². The van der Waals surface area contributed by atoms with E-state index in [1.54, 1.807) is 11.8 Å². The topological polar surface area (TPSA) is 58.6 Å². The molecule has 23 heavy (non-hydrogen) atoms. The number of amides is 2. The number of nitrogens with zero attached hydrogens (tertiary/aromatic N) is 1. The summed E-state index contributed by atoms with van der Waals surface area (Å²) in [5, 5.41) is 3.00. The molecule has 1 aliphatic heterocycles. The van der Waals surface area contributed by atoms with Gasteiger partial charge >= 0.3 is 0 Å². The highest BCUT2D eigenvalue weighted by atomic mass is 16.5. The van der Waals surface area contributed by atoms with Crippen molar-refractivity contribution in [1.29, 1.82) is 0 Å². The summed E-state index contributed by atoms with van der Waals surface area (Å²) in [5.41, 5.74) is 1.50. The number of ether oxygens (including phenoxy) is 1. The van der Waals surface area contributed by atoms with Gasteiger partial charge in [0.2, 0.25) is 5.91 Å². The molecule has 0 radical (unpaired) electrons. The van der Waals surface area contributed by atoms with Crippen LogP contribution in [0.4, 0.5) is 11.4 Å². The minimum absolute atomic E-state index is 0.0287. The molecule has 1 atom stereocenters. The van der Waals surface area contributed by atoms with E-state index in [0.29, 0.717) is 12.3 Å². The third-order valence-electron chi connectivity index (χ3n) is 4.73. The quantitative estimate of drug-likeness (QED) is 0.930. The predicted octanol–water partition coefficient (Wildman–Crippen LogP) is 3.34. The Morgan fingerprint density at radius 2 is 2.04 bits per heavy atom. The maximum absolute atomic E-state index is 12.4. The van der Waals surface area contributed by atoms with Gasteiger partial charge in [0.15, 0.2) is 6.10 Å². The van der Waals surface area contributed by atoms with Gasteiger partial charge in [-0.1, -0.05) is 19.3 Å². The van der Waals surface area contributed by atoms with Gasteiger partial charge in [-0.15, -0.1) is 0 Å². The maximum Gasteiger partial charge on any atom is 0.267 e. The van der Waals surface area contributed by atoms with E-state index in [0.717, 1.165) is 37.1 Å². The van der Waals surface area contributed by atoms with Crippen molar-refractivity contribution >= 4 is 23.2 Å². The summed E-state index contributed by atoms with van der Waals surface area (Å²) < 4.78 is 5.70. The first kappa shape index (κ1) is 15.8. The van der Waals surface area contributed by atoms with E-state index in [2.05, 4.69) is 5.32 Å². The van der Waals surface area contributed by atoms with Gasteiger partial charge in [0.1, 0.15) is 5.75 Å². The number of carbonyl (C=O) groups is 2. The Bertz CT molecular complexity index is 608. The number of nitrogens with one attached hydrogen (secondary N) is 1. The SMILES string of the molecule is CCN1C(=O)C(C)Oc2cc(NC(=O)C3CCCCC3)ccc21. The summed E-state index contributed by atoms with van der Waals surface area (Å²) in [4.78, 5) is 26.2. The van der Waals surface area contributed by atoms with Gasteiger partial charge in [-0.25, -0.2) is 0 Å². The van der Waals surface area contributed by atoms with Crippen LogP contribution >= 0.6 is 0 Å². The molecule has 1 N–H and O–H groups in total. The molecule has 1 unspecified atom stereocenters. The molecule has 2 aliphatic rings. The van der Waals surface area contributed by atoms with Gasteiger partial charge in [-0.05, 0) is 38.8 Å². The lowest BCUT2D eigenvalue weighted by atomic mass is 9.88. The van der Waals surface area contributed by atoms with Crippen molar-refractivity contribution in [3.8, 4) is 5.75 Å². The number of rotatable bonds is 3. The summed E-state index contributed by atoms with van der Waals surface area (Å²) in [7, 11) is 0. The predicted molar refractivity (Wildman–Crippen MR) is 89.8 cm³/mol. The molecule has 1 heterocycles. The third kappa shape index (κ3) is 3.19. The molecule has 1 aromatic carbocycles. The molecule has 0 aromatic heterocycles. The van der Waals surface area contributed by atoms with Gasteiger partial charge in [-0.2, -0.15) is 0 Å². The molecule has 1 aliphatic carbocycles. The Hall–Kier alpha value is -2.04. The lowest BCUT2D eigenvalue weighted by molar-refractivity contribution is -0.125. The van der Waals surface area contributed by atoms with Gasteiger partial charge in [0.05, 0.1) is 5.69 Å². The van der Waals surface area contributed by atoms with Crippen molar-refractivity contribution in [2.45, 2.75) is 52.1 Å². The van der Waals surface area contributed by atoms with Crippen LogP contribution < -0.4 is 15.0 Å². The second kappa shape index (κ2) is 6.60. The molecule has 0 spiro atoms. The first-order valence-electron chi connectivity index (χ1n) is 8.53. The minimum Gasteiger partial charge on any atom is -0.479 e. The number of hydrogen-bond acceptors (Lipinski definition) is 3. The van der Waals surface area contributed by atoms with E-state index in [1.165, 1.54) is 6.42 Å². The fourth-order valence-electron chi connectivity index (χ4n) is 3.42. The Morgan fingerprint density at radius 3 is 2.74 bits per heavy atom. The van der Waals surface area contributed by atoms with E-state index in [-0.39, 0.29) is 17.7 Å². The highest BCUT2D eigenvalue weighted by Gasteiger charge is 2.30. The molecule has 5 nitrogen and oxygen atoms in total. The molecular formula is C18H24N2O3. The van der Waals surface area contributed by atoms with Crippen molar-refractivity contribution in [3.63, 3.8) is 0 Å². The molecule has 124 valence electrons. The fourth-order valence-corrected chi connectivity index (χ4v) is 3.42. The van der Waals surface area contributed by atoms with Crippen LogP contribution in [0.2, 0.25) is 0 Å². The average molecular weight is 316 g/mol. The van der Waals surface area contributed by atoms with Crippen LogP contribution in [-0.4, -0.2) is 24.5 Å². The Morgan fingerprint density at radius 1 is 1.30 bits per heavy atom. The largest absolute Gasteiger partial charge is 0.479 e. The van der Waals surface area contributed by atoms with Crippen molar-refractivity contribution in [2.24, 2.45) is 5.92 Å². The summed E-state index contributed by atoms with van der Waals surface area (Å²) >= 11 is 0. The van der Waals surface area contributed by atoms with Crippen LogP contribution in [0.1, 0.15) is 46.0 Å². The van der Waals surface area contributed by atoms with Crippen molar-refractivity contribution in [3.05, 3.63) is 18.2 Å². The fraction of sp³-hybridized carbons (Fsp3) is 0.556. The van der Waals surface area contributed by atoms with Gasteiger partial charge in [0, 0.05) is 24.2 Å². The van der Waals surface area contributed by atoms with Crippen LogP contribution in [0.25, 0.3) is 0 Å². The van der Waals surface area contributed by atoms with Crippen LogP contribution in [0.5, 0.6) is 5.75 Å². The monoisotopic (exact) mass is 316 g/mol. The number of carbonyl (C=O) groups excluding carboxylic acids is 2. The van der Waals surface area contributed by atoms with E-state index >= 15 is 0 Å². The van der Waals surface area contributed by atoms with E-state index in [9.17, 15) is 9.59 Å². The number of likely N-dealkylation sites (N-methyl/N-ethyl adjacent to an activating group) is 1. The summed E-state index contributed by atoms with van der Waals surface area (Å²) in [6, 6.07) is 5.51. The highest BCUT2D eigenvalue weighted by Crippen LogP contribution is 2.36. The normalized spacial score (nSPS) is 21.6. The van der Waals surface area contributed by atoms with Crippen molar-refractivity contribution in [2.75, 3.05) is 16.8 Å². The molecule has 1 fully saturated rings. The first-order chi connectivity index (χ1) is 11.1. The lowest BCUT2D eigenvalue weighted by Gasteiger charge is -2.32. The van der Waals surface area contributed by atoms with Crippen LogP contribution in [0.15, 0.2) is 18.2 Å². The molecule has 1 saturated carbocycles. The number of anilines is 2. The number of fused-ring (bicyclic) bond motifs is 1. The van der Waals surface area contributed by atoms with Crippen molar-refractivity contribution < 1.29 is 14.3 Å². The third-order valence-corrected chi connectivity index (χ3v) is 4.73. The molecule has 2 amide bonds. The minimum atomic E-state index is -0.494. The van der Waals surface area contributed by atoms with E-state index in [4.69, 9.17) is 4.74 Å². The zero-order chi connectivity index (χ0) is 16.4. The first-order valence-corrected chi connectivity index (χ1v) is 8.53. The zero-order valence-corrected chi connectivity index (χ0v) is 13.8. The Labute approximate surface area is 137 Å². The molecule has 3 rings (SSSR count). The average Bonchev–Trinajstić information content (AvgIpc) is 2.57. The summed E-state index contributed by atoms with van der Waals surface area (Å²) in [6.45, 7) is 4.30. The van der Waals surface area contributed by atoms with Crippen LogP contribution in [0.3, 0.4) is 0 Å². The molecule has 0 bridgehead atoms. The summed E-state index contributed by atoms with van der Waals surface area (Å²) in [5.74, 6) is 0.838. The second-order valence-electron chi connectivity index (χ2n) is 6.35. The van der Waals surface area contributed by atoms with Gasteiger partial charge < -0.3 is 15.0 Å². The zero-order valence-electron chi connectivity index (χ0n) is 13.8. The Kier molecular flexibility index (Phi) is 4.55. The molecule has 1 aromatic rings. The molecular weight excluding hydrogens is 292 g/mol. The smallest absolute Gasteiger partial charge is 0.267 e. The Balaban J connectivity index is 1.77. The standard InChI is InChI=1S/C18H24N2O3/c1-3-20-15-10-9-14(11-16(15)23-12(2)18(20)22)19-17(21)13-7-5-4-6-8-13/h9-13H,3-8H2,1-2H3,(H,19,21). The van der Waals surface area contributed by atoms with E-state index < -0.39 is 6.10 Å². The van der Waals surface area contributed by atoms with Crippen molar-refractivity contribution in [1.82, 2.24) is 0 Å². The van der Waals surface area contributed by atoms with E-state index in [1.807, 2.05) is 25.1 Å². The lowest BCUT2D eigenvalue weighted by Crippen LogP contribution is -2.44.